The standard InChI is InChI=1S/C21H18N8/c1-13-8-14(10-22)2-7-18(13)20-12-25-29-21(26-20)24-11-17-9-19(28-27-17)15-3-5-16(23)6-4-15/h2-9,12H,11,23H2,1H3,(H,27,28)(H,24,26,29). The van der Waals surface area contributed by atoms with Gasteiger partial charge in [-0.25, -0.2) is 4.98 Å². The molecule has 0 fully saturated rings. The SMILES string of the molecule is Cc1cc(C#N)ccc1-c1cnnc(NCc2cc(-c3ccc(N)cc3)n[nH]2)n1. The van der Waals surface area contributed by atoms with Gasteiger partial charge in [0.15, 0.2) is 0 Å². The van der Waals surface area contributed by atoms with Crippen molar-refractivity contribution in [3.63, 3.8) is 0 Å². The van der Waals surface area contributed by atoms with Gasteiger partial charge in [-0.2, -0.15) is 15.5 Å². The molecule has 0 spiro atoms. The molecule has 0 saturated carbocycles. The van der Waals surface area contributed by atoms with Crippen molar-refractivity contribution in [2.24, 2.45) is 0 Å². The van der Waals surface area contributed by atoms with Gasteiger partial charge in [-0.05, 0) is 42.8 Å². The summed E-state index contributed by atoms with van der Waals surface area (Å²) in [5.74, 6) is 0.412. The Kier molecular flexibility index (Phi) is 4.86. The Morgan fingerprint density at radius 1 is 1.10 bits per heavy atom. The van der Waals surface area contributed by atoms with Gasteiger partial charge in [0.2, 0.25) is 5.95 Å². The summed E-state index contributed by atoms with van der Waals surface area (Å²) in [7, 11) is 0. The zero-order valence-electron chi connectivity index (χ0n) is 15.7. The molecule has 0 atom stereocenters. The lowest BCUT2D eigenvalue weighted by atomic mass is 10.0. The molecule has 0 amide bonds. The number of nitrogen functional groups attached to an aromatic ring is 1. The topological polar surface area (TPSA) is 129 Å². The van der Waals surface area contributed by atoms with Crippen LogP contribution in [0.3, 0.4) is 0 Å². The number of benzene rings is 2. The zero-order valence-corrected chi connectivity index (χ0v) is 15.7. The van der Waals surface area contributed by atoms with Crippen LogP contribution in [0, 0.1) is 18.3 Å². The number of aryl methyl sites for hydroxylation is 1. The quantitative estimate of drug-likeness (QED) is 0.452. The minimum atomic E-state index is 0.412. The molecule has 4 rings (SSSR count). The van der Waals surface area contributed by atoms with Gasteiger partial charge in [0, 0.05) is 16.8 Å². The Bertz CT molecular complexity index is 1190. The third-order valence-corrected chi connectivity index (χ3v) is 4.46. The van der Waals surface area contributed by atoms with Crippen LogP contribution in [-0.4, -0.2) is 25.4 Å². The van der Waals surface area contributed by atoms with Crippen molar-refractivity contribution in [3.05, 3.63) is 71.5 Å². The highest BCUT2D eigenvalue weighted by Gasteiger charge is 2.08. The van der Waals surface area contributed by atoms with Crippen LogP contribution in [0.2, 0.25) is 0 Å². The Morgan fingerprint density at radius 3 is 2.69 bits per heavy atom. The molecule has 8 heteroatoms. The third kappa shape index (κ3) is 4.04. The molecule has 2 heterocycles. The summed E-state index contributed by atoms with van der Waals surface area (Å²) in [5, 5.41) is 27.6. The molecule has 0 aliphatic heterocycles. The minimum Gasteiger partial charge on any atom is -0.399 e. The smallest absolute Gasteiger partial charge is 0.243 e. The molecule has 2 aromatic heterocycles. The molecule has 0 bridgehead atoms. The average molecular weight is 382 g/mol. The van der Waals surface area contributed by atoms with Crippen LogP contribution in [0.1, 0.15) is 16.8 Å². The molecule has 0 unspecified atom stereocenters. The van der Waals surface area contributed by atoms with Gasteiger partial charge >= 0.3 is 0 Å². The molecule has 0 aliphatic rings. The Labute approximate surface area is 167 Å². The Morgan fingerprint density at radius 2 is 1.93 bits per heavy atom. The lowest BCUT2D eigenvalue weighted by Crippen LogP contribution is -2.05. The summed E-state index contributed by atoms with van der Waals surface area (Å²) in [6, 6.07) is 17.1. The van der Waals surface area contributed by atoms with E-state index in [-0.39, 0.29) is 0 Å². The number of aromatic amines is 1. The lowest BCUT2D eigenvalue weighted by Gasteiger charge is -2.07. The number of nitrogens with zero attached hydrogens (tertiary/aromatic N) is 5. The fourth-order valence-corrected chi connectivity index (χ4v) is 2.96. The van der Waals surface area contributed by atoms with E-state index in [1.807, 2.05) is 49.4 Å². The maximum Gasteiger partial charge on any atom is 0.243 e. The maximum absolute atomic E-state index is 9.02. The van der Waals surface area contributed by atoms with Crippen LogP contribution in [0.15, 0.2) is 54.7 Å². The first kappa shape index (κ1) is 18.1. The molecule has 0 aliphatic carbocycles. The van der Waals surface area contributed by atoms with Crippen LogP contribution in [0.4, 0.5) is 11.6 Å². The molecular weight excluding hydrogens is 364 g/mol. The van der Waals surface area contributed by atoms with E-state index in [0.717, 1.165) is 28.1 Å². The van der Waals surface area contributed by atoms with Crippen molar-refractivity contribution in [1.29, 1.82) is 5.26 Å². The van der Waals surface area contributed by atoms with Crippen LogP contribution in [0.25, 0.3) is 22.5 Å². The highest BCUT2D eigenvalue weighted by Crippen LogP contribution is 2.23. The lowest BCUT2D eigenvalue weighted by molar-refractivity contribution is 0.923. The second-order valence-electron chi connectivity index (χ2n) is 6.56. The second kappa shape index (κ2) is 7.78. The van der Waals surface area contributed by atoms with E-state index in [0.29, 0.717) is 29.4 Å². The van der Waals surface area contributed by atoms with Gasteiger partial charge in [0.25, 0.3) is 0 Å². The summed E-state index contributed by atoms with van der Waals surface area (Å²) in [5.41, 5.74) is 12.3. The minimum absolute atomic E-state index is 0.412. The molecule has 0 radical (unpaired) electrons. The van der Waals surface area contributed by atoms with E-state index in [4.69, 9.17) is 11.0 Å². The monoisotopic (exact) mass is 382 g/mol. The molecular formula is C21H18N8. The summed E-state index contributed by atoms with van der Waals surface area (Å²) >= 11 is 0. The van der Waals surface area contributed by atoms with Crippen LogP contribution >= 0.6 is 0 Å². The van der Waals surface area contributed by atoms with E-state index in [2.05, 4.69) is 36.8 Å². The van der Waals surface area contributed by atoms with Crippen LogP contribution in [0.5, 0.6) is 0 Å². The van der Waals surface area contributed by atoms with Gasteiger partial charge in [0.05, 0.1) is 41.5 Å². The summed E-state index contributed by atoms with van der Waals surface area (Å²) in [6.07, 6.45) is 1.61. The molecule has 142 valence electrons. The summed E-state index contributed by atoms with van der Waals surface area (Å²) in [6.45, 7) is 2.41. The number of H-pyrrole nitrogens is 1. The van der Waals surface area contributed by atoms with Crippen LogP contribution in [-0.2, 0) is 6.54 Å². The predicted octanol–water partition coefficient (Wildman–Crippen LogP) is 3.30. The van der Waals surface area contributed by atoms with Gasteiger partial charge < -0.3 is 11.1 Å². The zero-order chi connectivity index (χ0) is 20.2. The molecule has 8 nitrogen and oxygen atoms in total. The van der Waals surface area contributed by atoms with Crippen molar-refractivity contribution in [1.82, 2.24) is 25.4 Å². The van der Waals surface area contributed by atoms with Crippen molar-refractivity contribution >= 4 is 11.6 Å². The predicted molar refractivity (Wildman–Crippen MR) is 110 cm³/mol. The van der Waals surface area contributed by atoms with E-state index < -0.39 is 0 Å². The third-order valence-electron chi connectivity index (χ3n) is 4.46. The maximum atomic E-state index is 9.02. The number of rotatable bonds is 5. The highest BCUT2D eigenvalue weighted by atomic mass is 15.2. The van der Waals surface area contributed by atoms with Crippen molar-refractivity contribution in [3.8, 4) is 28.6 Å². The van der Waals surface area contributed by atoms with Crippen molar-refractivity contribution < 1.29 is 0 Å². The number of aromatic nitrogens is 5. The molecule has 4 aromatic rings. The van der Waals surface area contributed by atoms with Crippen LogP contribution < -0.4 is 11.1 Å². The molecule has 4 N–H and O–H groups in total. The Hall–Kier alpha value is -4.25. The first-order valence-corrected chi connectivity index (χ1v) is 8.97. The fraction of sp³-hybridized carbons (Fsp3) is 0.0952. The van der Waals surface area contributed by atoms with Gasteiger partial charge in [-0.15, -0.1) is 5.10 Å². The fourth-order valence-electron chi connectivity index (χ4n) is 2.96. The van der Waals surface area contributed by atoms with Gasteiger partial charge in [-0.1, -0.05) is 18.2 Å². The number of nitrogens with two attached hydrogens (primary N) is 1. The normalized spacial score (nSPS) is 10.5. The van der Waals surface area contributed by atoms with E-state index in [1.165, 1.54) is 0 Å². The number of hydrogen-bond acceptors (Lipinski definition) is 7. The number of nitriles is 1. The van der Waals surface area contributed by atoms with E-state index in [1.54, 1.807) is 12.3 Å². The largest absolute Gasteiger partial charge is 0.399 e. The summed E-state index contributed by atoms with van der Waals surface area (Å²) in [4.78, 5) is 4.53. The molecule has 0 saturated heterocycles. The first-order valence-electron chi connectivity index (χ1n) is 8.97. The van der Waals surface area contributed by atoms with Gasteiger partial charge in [-0.3, -0.25) is 5.10 Å². The van der Waals surface area contributed by atoms with E-state index >= 15 is 0 Å². The number of nitrogens with one attached hydrogen (secondary N) is 2. The summed E-state index contributed by atoms with van der Waals surface area (Å²) < 4.78 is 0. The number of anilines is 2. The number of hydrogen-bond donors (Lipinski definition) is 3. The van der Waals surface area contributed by atoms with E-state index in [9.17, 15) is 0 Å². The highest BCUT2D eigenvalue weighted by molar-refractivity contribution is 5.65. The van der Waals surface area contributed by atoms with Crippen molar-refractivity contribution in [2.45, 2.75) is 13.5 Å². The molecule has 2 aromatic carbocycles. The second-order valence-corrected chi connectivity index (χ2v) is 6.56. The average Bonchev–Trinajstić information content (AvgIpc) is 3.22. The first-order chi connectivity index (χ1) is 14.1. The van der Waals surface area contributed by atoms with Gasteiger partial charge in [0.1, 0.15) is 0 Å². The van der Waals surface area contributed by atoms with Crippen molar-refractivity contribution in [2.75, 3.05) is 11.1 Å². The Balaban J connectivity index is 1.48. The molecule has 29 heavy (non-hydrogen) atoms.